The van der Waals surface area contributed by atoms with Gasteiger partial charge < -0.3 is 19.5 Å². The highest BCUT2D eigenvalue weighted by Gasteiger charge is 2.30. The van der Waals surface area contributed by atoms with E-state index in [4.69, 9.17) is 27.9 Å². The van der Waals surface area contributed by atoms with Gasteiger partial charge in [0.1, 0.15) is 17.6 Å². The molecule has 10 nitrogen and oxygen atoms in total. The van der Waals surface area contributed by atoms with Gasteiger partial charge in [-0.25, -0.2) is 0 Å². The number of amides is 2. The third-order valence-electron chi connectivity index (χ3n) is 11.0. The fraction of sp³-hybridized carbons (Fsp3) is 0.487. The van der Waals surface area contributed by atoms with Crippen molar-refractivity contribution < 1.29 is 19.1 Å². The number of rotatable bonds is 10. The molecule has 3 saturated heterocycles. The van der Waals surface area contributed by atoms with Gasteiger partial charge in [0, 0.05) is 66.1 Å². The second kappa shape index (κ2) is 15.8. The van der Waals surface area contributed by atoms with Gasteiger partial charge in [-0.2, -0.15) is 0 Å². The topological polar surface area (TPSA) is 113 Å². The molecule has 3 aliphatic rings. The zero-order chi connectivity index (χ0) is 36.4. The van der Waals surface area contributed by atoms with E-state index >= 15 is 0 Å². The minimum atomic E-state index is -0.467. The Hall–Kier alpha value is -3.86. The summed E-state index contributed by atoms with van der Waals surface area (Å²) in [7, 11) is 3.44. The number of hydrogen-bond donors (Lipinski definition) is 2. The number of aryl methyl sites for hydroxylation is 1. The largest absolute Gasteiger partial charge is 0.496 e. The molecule has 12 heteroatoms. The summed E-state index contributed by atoms with van der Waals surface area (Å²) in [6.07, 6.45) is 6.97. The Labute approximate surface area is 309 Å². The quantitative estimate of drug-likeness (QED) is 0.246. The van der Waals surface area contributed by atoms with Crippen LogP contribution in [0.2, 0.25) is 10.0 Å². The Balaban J connectivity index is 0.981. The van der Waals surface area contributed by atoms with Crippen LogP contribution in [0.1, 0.15) is 55.2 Å². The molecule has 0 radical (unpaired) electrons. The van der Waals surface area contributed by atoms with E-state index < -0.39 is 6.04 Å². The van der Waals surface area contributed by atoms with E-state index in [9.17, 15) is 19.2 Å². The van der Waals surface area contributed by atoms with E-state index in [1.54, 1.807) is 18.7 Å². The Morgan fingerprint density at radius 1 is 0.941 bits per heavy atom. The van der Waals surface area contributed by atoms with E-state index in [0.29, 0.717) is 41.1 Å². The molecule has 1 atom stereocenters. The number of methoxy groups -OCH3 is 1. The number of hydrogen-bond acceptors (Lipinski definition) is 8. The Morgan fingerprint density at radius 2 is 1.67 bits per heavy atom. The van der Waals surface area contributed by atoms with Crippen LogP contribution in [0.15, 0.2) is 41.3 Å². The molecule has 1 unspecified atom stereocenters. The number of aromatic nitrogens is 1. The molecule has 3 aromatic rings. The average Bonchev–Trinajstić information content (AvgIpc) is 3.11. The van der Waals surface area contributed by atoms with Gasteiger partial charge in [-0.05, 0) is 113 Å². The average molecular weight is 737 g/mol. The zero-order valence-electron chi connectivity index (χ0n) is 29.8. The van der Waals surface area contributed by atoms with E-state index in [-0.39, 0.29) is 23.3 Å². The molecule has 2 amide bonds. The molecule has 0 aliphatic carbocycles. The van der Waals surface area contributed by atoms with Crippen molar-refractivity contribution in [3.8, 4) is 16.9 Å². The first kappa shape index (κ1) is 36.9. The highest BCUT2D eigenvalue weighted by molar-refractivity contribution is 6.33. The van der Waals surface area contributed by atoms with Gasteiger partial charge in [-0.15, -0.1) is 0 Å². The number of anilines is 2. The predicted molar refractivity (Wildman–Crippen MR) is 202 cm³/mol. The first-order valence-electron chi connectivity index (χ1n) is 17.8. The first-order valence-corrected chi connectivity index (χ1v) is 18.6. The lowest BCUT2D eigenvalue weighted by molar-refractivity contribution is -0.133. The first-order chi connectivity index (χ1) is 24.4. The van der Waals surface area contributed by atoms with Crippen molar-refractivity contribution in [2.45, 2.75) is 64.8 Å². The van der Waals surface area contributed by atoms with Gasteiger partial charge in [0.2, 0.25) is 11.8 Å². The van der Waals surface area contributed by atoms with Crippen molar-refractivity contribution in [2.75, 3.05) is 50.1 Å². The molecular formula is C39H47Cl2N5O5. The lowest BCUT2D eigenvalue weighted by Crippen LogP contribution is -2.47. The number of halogens is 2. The molecule has 2 N–H and O–H groups in total. The molecule has 0 spiro atoms. The maximum absolute atomic E-state index is 13.4. The van der Waals surface area contributed by atoms with Gasteiger partial charge >= 0.3 is 0 Å². The Bertz CT molecular complexity index is 1880. The molecule has 51 heavy (non-hydrogen) atoms. The van der Waals surface area contributed by atoms with Crippen molar-refractivity contribution in [3.05, 3.63) is 73.6 Å². The van der Waals surface area contributed by atoms with Gasteiger partial charge in [0.05, 0.1) is 24.4 Å². The lowest BCUT2D eigenvalue weighted by atomic mass is 9.87. The van der Waals surface area contributed by atoms with Crippen molar-refractivity contribution >= 4 is 52.2 Å². The molecule has 0 bridgehead atoms. The van der Waals surface area contributed by atoms with Crippen LogP contribution in [0.25, 0.3) is 11.1 Å². The van der Waals surface area contributed by atoms with Crippen LogP contribution in [0.3, 0.4) is 0 Å². The molecule has 1 aromatic heterocycles. The highest BCUT2D eigenvalue weighted by atomic mass is 35.5. The van der Waals surface area contributed by atoms with Crippen LogP contribution >= 0.6 is 23.2 Å². The molecule has 272 valence electrons. The zero-order valence-corrected chi connectivity index (χ0v) is 31.3. The molecular weight excluding hydrogens is 689 g/mol. The maximum Gasteiger partial charge on any atom is 0.253 e. The second-order valence-corrected chi connectivity index (χ2v) is 15.1. The summed E-state index contributed by atoms with van der Waals surface area (Å²) >= 11 is 13.6. The van der Waals surface area contributed by atoms with Crippen molar-refractivity contribution in [3.63, 3.8) is 0 Å². The molecule has 6 rings (SSSR count). The summed E-state index contributed by atoms with van der Waals surface area (Å²) in [6.45, 7) is 7.55. The Morgan fingerprint density at radius 3 is 2.33 bits per heavy atom. The number of nitrogens with zero attached hydrogens (tertiary/aromatic N) is 3. The smallest absolute Gasteiger partial charge is 0.253 e. The number of imide groups is 1. The summed E-state index contributed by atoms with van der Waals surface area (Å²) in [5, 5.41) is 6.80. The third kappa shape index (κ3) is 8.29. The summed E-state index contributed by atoms with van der Waals surface area (Å²) in [5.74, 6) is 0.979. The molecule has 4 heterocycles. The number of carbonyl (C=O) groups excluding carboxylic acids is 3. The van der Waals surface area contributed by atoms with Crippen molar-refractivity contribution in [1.82, 2.24) is 14.8 Å². The number of likely N-dealkylation sites (tertiary alicyclic amines) is 1. The fourth-order valence-corrected chi connectivity index (χ4v) is 8.32. The van der Waals surface area contributed by atoms with Gasteiger partial charge in [-0.1, -0.05) is 23.2 Å². The van der Waals surface area contributed by atoms with Gasteiger partial charge in [-0.3, -0.25) is 29.4 Å². The van der Waals surface area contributed by atoms with Gasteiger partial charge in [0.25, 0.3) is 5.56 Å². The summed E-state index contributed by atoms with van der Waals surface area (Å²) < 4.78 is 7.44. The Kier molecular flexibility index (Phi) is 11.4. The third-order valence-corrected chi connectivity index (χ3v) is 11.7. The summed E-state index contributed by atoms with van der Waals surface area (Å²) in [5.41, 5.74) is 6.20. The van der Waals surface area contributed by atoms with E-state index in [0.717, 1.165) is 103 Å². The lowest BCUT2D eigenvalue weighted by Gasteiger charge is -2.36. The molecule has 2 aromatic carbocycles. The van der Waals surface area contributed by atoms with Crippen LogP contribution in [0, 0.1) is 25.7 Å². The fourth-order valence-electron chi connectivity index (χ4n) is 7.73. The van der Waals surface area contributed by atoms with Crippen LogP contribution in [-0.2, 0) is 27.9 Å². The summed E-state index contributed by atoms with van der Waals surface area (Å²) in [6, 6.07) is 9.22. The highest BCUT2D eigenvalue weighted by Crippen LogP contribution is 2.38. The molecule has 0 saturated carbocycles. The number of pyridine rings is 1. The summed E-state index contributed by atoms with van der Waals surface area (Å²) in [4.78, 5) is 53.9. The van der Waals surface area contributed by atoms with E-state index in [1.165, 1.54) is 0 Å². The maximum atomic E-state index is 13.4. The van der Waals surface area contributed by atoms with Crippen LogP contribution in [0.5, 0.6) is 5.75 Å². The minimum absolute atomic E-state index is 0.00278. The number of ketones is 1. The number of Topliss-reactive ketones (excluding diaryl/α,β-unsaturated/α-hetero) is 1. The number of benzene rings is 2. The standard InChI is InChI=1S/C39H47Cl2N5O5/c1-23-24(2)39(50)44(3)21-30(23)27-18-31(40)29(36(19-27)51-4)17-25-9-13-45(14-10-25)22-35(47)26-11-15-46(16-12-26)34-7-5-28(20-32(34)41)42-33-6-8-37(48)43-38(33)49/h5,7,18-21,25-26,33,42H,6,8-17,22H2,1-4H3,(H,43,48,49). The van der Waals surface area contributed by atoms with E-state index in [2.05, 4.69) is 20.4 Å². The number of carbonyl (C=O) groups is 3. The minimum Gasteiger partial charge on any atom is -0.496 e. The number of piperidine rings is 3. The van der Waals surface area contributed by atoms with Crippen LogP contribution < -0.4 is 25.8 Å². The number of ether oxygens (including phenoxy) is 1. The van der Waals surface area contributed by atoms with Crippen molar-refractivity contribution in [2.24, 2.45) is 18.9 Å². The van der Waals surface area contributed by atoms with Crippen molar-refractivity contribution in [1.29, 1.82) is 0 Å². The van der Waals surface area contributed by atoms with Crippen LogP contribution in [-0.4, -0.2) is 72.9 Å². The predicted octanol–water partition coefficient (Wildman–Crippen LogP) is 5.94. The van der Waals surface area contributed by atoms with Gasteiger partial charge in [0.15, 0.2) is 0 Å². The second-order valence-electron chi connectivity index (χ2n) is 14.3. The molecule has 3 aliphatic heterocycles. The monoisotopic (exact) mass is 735 g/mol. The van der Waals surface area contributed by atoms with E-state index in [1.807, 2.05) is 50.4 Å². The SMILES string of the molecule is COc1cc(-c2cn(C)c(=O)c(C)c2C)cc(Cl)c1CC1CCN(CC(=O)C2CCN(c3ccc(NC4CCC(=O)NC4=O)cc3Cl)CC2)CC1. The molecule has 3 fully saturated rings. The van der Waals surface area contributed by atoms with Crippen LogP contribution in [0.4, 0.5) is 11.4 Å². The normalized spacial score (nSPS) is 19.3. The number of nitrogens with one attached hydrogen (secondary N) is 2.